The van der Waals surface area contributed by atoms with E-state index in [1.807, 2.05) is 0 Å². The molecule has 1 aliphatic heterocycles. The van der Waals surface area contributed by atoms with Gasteiger partial charge in [-0.15, -0.1) is 0 Å². The van der Waals surface area contributed by atoms with E-state index in [1.54, 1.807) is 0 Å². The van der Waals surface area contributed by atoms with Crippen LogP contribution < -0.4 is 10.7 Å². The number of aromatic amines is 1. The number of hydrogen-bond acceptors (Lipinski definition) is 5. The van der Waals surface area contributed by atoms with Gasteiger partial charge in [0.2, 0.25) is 15.5 Å². The van der Waals surface area contributed by atoms with Crippen molar-refractivity contribution in [2.24, 2.45) is 0 Å². The van der Waals surface area contributed by atoms with Gasteiger partial charge in [0.15, 0.2) is 0 Å². The van der Waals surface area contributed by atoms with Crippen LogP contribution in [0.25, 0.3) is 0 Å². The number of carbonyl (C=O) groups is 1. The number of ether oxygens (including phenoxy) is 1. The zero-order chi connectivity index (χ0) is 14.8. The van der Waals surface area contributed by atoms with E-state index in [1.165, 1.54) is 23.8 Å². The maximum atomic E-state index is 12.3. The molecule has 9 heteroatoms. The number of amides is 1. The normalized spacial score (nSPS) is 19.8. The summed E-state index contributed by atoms with van der Waals surface area (Å²) in [5.41, 5.74) is -0.562. The Morgan fingerprint density at radius 1 is 1.55 bits per heavy atom. The Bertz CT molecular complexity index is 654. The molecule has 1 amide bonds. The van der Waals surface area contributed by atoms with Gasteiger partial charge >= 0.3 is 6.09 Å². The van der Waals surface area contributed by atoms with Crippen LogP contribution in [-0.2, 0) is 14.8 Å². The van der Waals surface area contributed by atoms with Crippen LogP contribution in [0, 0.1) is 0 Å². The number of aromatic nitrogens is 1. The van der Waals surface area contributed by atoms with E-state index in [0.717, 1.165) is 6.07 Å². The molecular formula is C11H15N3O5S. The Labute approximate surface area is 115 Å². The number of sulfonamides is 1. The molecule has 8 nitrogen and oxygen atoms in total. The summed E-state index contributed by atoms with van der Waals surface area (Å²) in [5.74, 6) is 0. The molecule has 1 aliphatic rings. The minimum atomic E-state index is -3.85. The molecule has 0 bridgehead atoms. The maximum Gasteiger partial charge on any atom is 0.407 e. The van der Waals surface area contributed by atoms with Crippen molar-refractivity contribution in [3.63, 3.8) is 0 Å². The first-order valence-corrected chi connectivity index (χ1v) is 7.41. The number of hydrogen-bond donors (Lipinski definition) is 2. The SMILES string of the molecule is COC(=O)NC1CCN(S(=O)(=O)c2c[nH]ccc2=O)C1. The molecule has 20 heavy (non-hydrogen) atoms. The second-order valence-electron chi connectivity index (χ2n) is 4.36. The molecule has 0 saturated carbocycles. The van der Waals surface area contributed by atoms with E-state index >= 15 is 0 Å². The van der Waals surface area contributed by atoms with Crippen LogP contribution in [-0.4, -0.2) is 50.0 Å². The third-order valence-electron chi connectivity index (χ3n) is 3.06. The summed E-state index contributed by atoms with van der Waals surface area (Å²) in [5, 5.41) is 2.54. The Morgan fingerprint density at radius 3 is 2.95 bits per heavy atom. The molecular weight excluding hydrogens is 286 g/mol. The average molecular weight is 301 g/mol. The van der Waals surface area contributed by atoms with Crippen LogP contribution in [0.2, 0.25) is 0 Å². The third kappa shape index (κ3) is 2.83. The summed E-state index contributed by atoms with van der Waals surface area (Å²) < 4.78 is 30.3. The van der Waals surface area contributed by atoms with Gasteiger partial charge < -0.3 is 15.0 Å². The van der Waals surface area contributed by atoms with Crippen molar-refractivity contribution in [1.29, 1.82) is 0 Å². The highest BCUT2D eigenvalue weighted by Crippen LogP contribution is 2.18. The highest BCUT2D eigenvalue weighted by Gasteiger charge is 2.34. The third-order valence-corrected chi connectivity index (χ3v) is 4.95. The van der Waals surface area contributed by atoms with Gasteiger partial charge in [0.25, 0.3) is 0 Å². The lowest BCUT2D eigenvalue weighted by atomic mass is 10.3. The van der Waals surface area contributed by atoms with E-state index in [2.05, 4.69) is 15.0 Å². The van der Waals surface area contributed by atoms with Gasteiger partial charge in [0.05, 0.1) is 7.11 Å². The lowest BCUT2D eigenvalue weighted by Gasteiger charge is -2.16. The van der Waals surface area contributed by atoms with Gasteiger partial charge in [-0.1, -0.05) is 0 Å². The summed E-state index contributed by atoms with van der Waals surface area (Å²) >= 11 is 0. The minimum absolute atomic E-state index is 0.117. The number of nitrogens with one attached hydrogen (secondary N) is 2. The van der Waals surface area contributed by atoms with Gasteiger partial charge in [0, 0.05) is 37.6 Å². The summed E-state index contributed by atoms with van der Waals surface area (Å²) in [6.45, 7) is 0.358. The second-order valence-corrected chi connectivity index (χ2v) is 6.26. The molecule has 1 aromatic heterocycles. The molecule has 110 valence electrons. The number of rotatable bonds is 3. The van der Waals surface area contributed by atoms with E-state index in [4.69, 9.17) is 0 Å². The highest BCUT2D eigenvalue weighted by molar-refractivity contribution is 7.89. The van der Waals surface area contributed by atoms with Gasteiger partial charge in [-0.25, -0.2) is 13.2 Å². The summed E-state index contributed by atoms with van der Waals surface area (Å²) in [6.07, 6.45) is 2.40. The zero-order valence-electron chi connectivity index (χ0n) is 10.8. The number of pyridine rings is 1. The standard InChI is InChI=1S/C11H15N3O5S/c1-19-11(16)13-8-3-5-14(7-8)20(17,18)10-6-12-4-2-9(10)15/h2,4,6,8H,3,5,7H2,1H3,(H,12,15)(H,13,16). The molecule has 2 heterocycles. The van der Waals surface area contributed by atoms with E-state index < -0.39 is 21.5 Å². The Hall–Kier alpha value is -1.87. The fraction of sp³-hybridized carbons (Fsp3) is 0.455. The molecule has 2 rings (SSSR count). The first-order chi connectivity index (χ1) is 9.45. The van der Waals surface area contributed by atoms with Crippen molar-refractivity contribution < 1.29 is 17.9 Å². The largest absolute Gasteiger partial charge is 0.453 e. The van der Waals surface area contributed by atoms with Crippen LogP contribution in [0.15, 0.2) is 28.2 Å². The molecule has 0 aliphatic carbocycles. The van der Waals surface area contributed by atoms with Crippen LogP contribution in [0.1, 0.15) is 6.42 Å². The molecule has 1 atom stereocenters. The molecule has 1 unspecified atom stereocenters. The van der Waals surface area contributed by atoms with Gasteiger partial charge in [-0.3, -0.25) is 4.79 Å². The van der Waals surface area contributed by atoms with Crippen molar-refractivity contribution in [2.75, 3.05) is 20.2 Å². The van der Waals surface area contributed by atoms with Gasteiger partial charge in [-0.05, 0) is 6.42 Å². The van der Waals surface area contributed by atoms with Gasteiger partial charge in [0.1, 0.15) is 4.90 Å². The van der Waals surface area contributed by atoms with Crippen LogP contribution in [0.5, 0.6) is 0 Å². The van der Waals surface area contributed by atoms with Crippen molar-refractivity contribution >= 4 is 16.1 Å². The predicted octanol–water partition coefficient (Wildman–Crippen LogP) is -0.506. The average Bonchev–Trinajstić information content (AvgIpc) is 2.88. The fourth-order valence-corrected chi connectivity index (χ4v) is 3.57. The van der Waals surface area contributed by atoms with Crippen LogP contribution in [0.3, 0.4) is 0 Å². The van der Waals surface area contributed by atoms with Gasteiger partial charge in [-0.2, -0.15) is 4.31 Å². The summed E-state index contributed by atoms with van der Waals surface area (Å²) in [4.78, 5) is 25.0. The van der Waals surface area contributed by atoms with Crippen LogP contribution >= 0.6 is 0 Å². The predicted molar refractivity (Wildman–Crippen MR) is 69.8 cm³/mol. The smallest absolute Gasteiger partial charge is 0.407 e. The molecule has 1 saturated heterocycles. The summed E-state index contributed by atoms with van der Waals surface area (Å²) in [6, 6.07) is 0.840. The first kappa shape index (κ1) is 14.5. The first-order valence-electron chi connectivity index (χ1n) is 5.97. The van der Waals surface area contributed by atoms with Crippen molar-refractivity contribution in [2.45, 2.75) is 17.4 Å². The zero-order valence-corrected chi connectivity index (χ0v) is 11.6. The lowest BCUT2D eigenvalue weighted by Crippen LogP contribution is -2.39. The number of H-pyrrole nitrogens is 1. The highest BCUT2D eigenvalue weighted by atomic mass is 32.2. The van der Waals surface area contributed by atoms with E-state index in [-0.39, 0.29) is 24.0 Å². The molecule has 2 N–H and O–H groups in total. The lowest BCUT2D eigenvalue weighted by molar-refractivity contribution is 0.167. The Balaban J connectivity index is 2.15. The number of nitrogens with zero attached hydrogens (tertiary/aromatic N) is 1. The number of methoxy groups -OCH3 is 1. The minimum Gasteiger partial charge on any atom is -0.453 e. The number of carbonyl (C=O) groups excluding carboxylic acids is 1. The molecule has 0 radical (unpaired) electrons. The fourth-order valence-electron chi connectivity index (χ4n) is 2.03. The topological polar surface area (TPSA) is 109 Å². The van der Waals surface area contributed by atoms with Crippen molar-refractivity contribution in [3.05, 3.63) is 28.7 Å². The maximum absolute atomic E-state index is 12.3. The molecule has 1 aromatic rings. The Kier molecular flexibility index (Phi) is 4.09. The molecule has 0 aromatic carbocycles. The van der Waals surface area contributed by atoms with Crippen molar-refractivity contribution in [1.82, 2.24) is 14.6 Å². The van der Waals surface area contributed by atoms with Crippen LogP contribution in [0.4, 0.5) is 4.79 Å². The molecule has 0 spiro atoms. The monoisotopic (exact) mass is 301 g/mol. The quantitative estimate of drug-likeness (QED) is 0.782. The van der Waals surface area contributed by atoms with Crippen molar-refractivity contribution in [3.8, 4) is 0 Å². The second kappa shape index (κ2) is 5.63. The van der Waals surface area contributed by atoms with E-state index in [0.29, 0.717) is 6.42 Å². The van der Waals surface area contributed by atoms with E-state index in [9.17, 15) is 18.0 Å². The molecule has 1 fully saturated rings. The summed E-state index contributed by atoms with van der Waals surface area (Å²) in [7, 11) is -2.61. The Morgan fingerprint density at radius 2 is 2.30 bits per heavy atom. The number of alkyl carbamates (subject to hydrolysis) is 1.